The van der Waals surface area contributed by atoms with Crippen molar-refractivity contribution in [3.05, 3.63) is 70.8 Å². The minimum absolute atomic E-state index is 0.317. The SMILES string of the molecule is C[C]1([GeH3])c2ccccc2[C](C)([GeH3])c2ccccc21. The van der Waals surface area contributed by atoms with Crippen molar-refractivity contribution in [2.24, 2.45) is 0 Å². The van der Waals surface area contributed by atoms with Gasteiger partial charge >= 0.3 is 126 Å². The van der Waals surface area contributed by atoms with Crippen molar-refractivity contribution < 1.29 is 0 Å². The molecule has 0 fully saturated rings. The Bertz CT molecular complexity index is 506. The van der Waals surface area contributed by atoms with E-state index in [1.54, 1.807) is 22.3 Å². The normalized spacial score (nSPS) is 29.9. The van der Waals surface area contributed by atoms with Crippen LogP contribution < -0.4 is 0 Å². The number of hydrogen-bond acceptors (Lipinski definition) is 0. The fourth-order valence-corrected chi connectivity index (χ4v) is 7.10. The van der Waals surface area contributed by atoms with Crippen molar-refractivity contribution in [2.45, 2.75) is 22.3 Å². The van der Waals surface area contributed by atoms with Crippen molar-refractivity contribution in [2.75, 3.05) is 0 Å². The molecule has 2 heteroatoms. The third kappa shape index (κ3) is 1.58. The third-order valence-corrected chi connectivity index (χ3v) is 9.07. The second-order valence-corrected chi connectivity index (χ2v) is 14.7. The van der Waals surface area contributed by atoms with Gasteiger partial charge in [-0.25, -0.2) is 0 Å². The van der Waals surface area contributed by atoms with Gasteiger partial charge in [-0.15, -0.1) is 0 Å². The molecule has 0 unspecified atom stereocenters. The van der Waals surface area contributed by atoms with Gasteiger partial charge in [0.15, 0.2) is 0 Å². The molecule has 1 aliphatic carbocycles. The first-order valence-corrected chi connectivity index (χ1v) is 10.9. The van der Waals surface area contributed by atoms with Gasteiger partial charge in [-0.1, -0.05) is 0 Å². The van der Waals surface area contributed by atoms with Gasteiger partial charge < -0.3 is 0 Å². The molecule has 0 nitrogen and oxygen atoms in total. The molecule has 1 aliphatic rings. The summed E-state index contributed by atoms with van der Waals surface area (Å²) in [7, 11) is 0. The number of hydrogen-bond donors (Lipinski definition) is 0. The molecule has 0 amide bonds. The second-order valence-electron chi connectivity index (χ2n) is 6.34. The minimum atomic E-state index is 0.317. The van der Waals surface area contributed by atoms with Crippen LogP contribution in [0.15, 0.2) is 48.5 Å². The first-order chi connectivity index (χ1) is 8.45. The van der Waals surface area contributed by atoms with Crippen LogP contribution in [-0.2, 0) is 8.49 Å². The molecule has 2 aromatic carbocycles. The molecule has 92 valence electrons. The fraction of sp³-hybridized carbons (Fsp3) is 0.250. The number of benzene rings is 2. The molecule has 0 aromatic heterocycles. The first-order valence-electron chi connectivity index (χ1n) is 6.65. The standard InChI is InChI=1S/C16H20Ge2/c1-15(17)11-7-3-5-9-13(11)16(2,18)14-10-6-4-8-12(14)15/h3-10H,1-2,17-18H3. The van der Waals surface area contributed by atoms with Crippen molar-refractivity contribution in [1.29, 1.82) is 0 Å². The first kappa shape index (κ1) is 12.6. The van der Waals surface area contributed by atoms with Crippen LogP contribution in [0, 0.1) is 0 Å². The predicted molar refractivity (Wildman–Crippen MR) is 85.7 cm³/mol. The zero-order chi connectivity index (χ0) is 13.0. The van der Waals surface area contributed by atoms with Gasteiger partial charge in [-0.2, -0.15) is 0 Å². The summed E-state index contributed by atoms with van der Waals surface area (Å²) in [6.07, 6.45) is 0. The molecular weight excluding hydrogens is 337 g/mol. The quantitative estimate of drug-likeness (QED) is 0.623. The van der Waals surface area contributed by atoms with Gasteiger partial charge in [0.05, 0.1) is 0 Å². The van der Waals surface area contributed by atoms with E-state index in [1.807, 2.05) is 0 Å². The zero-order valence-electron chi connectivity index (χ0n) is 11.6. The van der Waals surface area contributed by atoms with Crippen molar-refractivity contribution in [1.82, 2.24) is 0 Å². The Balaban J connectivity index is 2.41. The van der Waals surface area contributed by atoms with Crippen LogP contribution in [0.3, 0.4) is 0 Å². The van der Waals surface area contributed by atoms with Gasteiger partial charge in [0.1, 0.15) is 0 Å². The molecule has 18 heavy (non-hydrogen) atoms. The molecule has 0 atom stereocenters. The summed E-state index contributed by atoms with van der Waals surface area (Å²) < 4.78 is 0.635. The Hall–Kier alpha value is -0.474. The van der Waals surface area contributed by atoms with E-state index in [4.69, 9.17) is 0 Å². The van der Waals surface area contributed by atoms with Crippen LogP contribution in [0.25, 0.3) is 0 Å². The van der Waals surface area contributed by atoms with Crippen LogP contribution in [0.4, 0.5) is 0 Å². The summed E-state index contributed by atoms with van der Waals surface area (Å²) in [5, 5.41) is 0. The van der Waals surface area contributed by atoms with E-state index in [1.165, 1.54) is 0 Å². The van der Waals surface area contributed by atoms with E-state index in [2.05, 4.69) is 62.4 Å². The van der Waals surface area contributed by atoms with Crippen molar-refractivity contribution >= 4 is 33.0 Å². The molecule has 0 spiro atoms. The summed E-state index contributed by atoms with van der Waals surface area (Å²) in [6, 6.07) is 18.3. The number of fused-ring (bicyclic) bond motifs is 2. The van der Waals surface area contributed by atoms with E-state index in [0.29, 0.717) is 8.49 Å². The van der Waals surface area contributed by atoms with E-state index in [9.17, 15) is 0 Å². The van der Waals surface area contributed by atoms with E-state index >= 15 is 0 Å². The zero-order valence-corrected chi connectivity index (χ0v) is 20.0. The van der Waals surface area contributed by atoms with Gasteiger partial charge in [-0.3, -0.25) is 0 Å². The Morgan fingerprint density at radius 1 is 0.611 bits per heavy atom. The van der Waals surface area contributed by atoms with Gasteiger partial charge in [0.25, 0.3) is 0 Å². The molecule has 0 N–H and O–H groups in total. The topological polar surface area (TPSA) is 0 Å². The van der Waals surface area contributed by atoms with Crippen LogP contribution in [0.5, 0.6) is 0 Å². The molecule has 0 saturated heterocycles. The molecule has 0 saturated carbocycles. The maximum atomic E-state index is 2.44. The van der Waals surface area contributed by atoms with Crippen molar-refractivity contribution in [3.8, 4) is 0 Å². The Labute approximate surface area is 126 Å². The molecule has 0 heterocycles. The second kappa shape index (κ2) is 4.01. The Morgan fingerprint density at radius 2 is 0.833 bits per heavy atom. The summed E-state index contributed by atoms with van der Waals surface area (Å²) in [4.78, 5) is 0. The molecule has 2 aromatic rings. The van der Waals surface area contributed by atoms with Crippen molar-refractivity contribution in [3.63, 3.8) is 0 Å². The summed E-state index contributed by atoms with van der Waals surface area (Å²) in [5.74, 6) is 0. The van der Waals surface area contributed by atoms with Gasteiger partial charge in [0, 0.05) is 0 Å². The Morgan fingerprint density at radius 3 is 1.06 bits per heavy atom. The average Bonchev–Trinajstić information content (AvgIpc) is 2.37. The summed E-state index contributed by atoms with van der Waals surface area (Å²) >= 11 is 1.49. The molecule has 3 rings (SSSR count). The number of rotatable bonds is 0. The summed E-state index contributed by atoms with van der Waals surface area (Å²) in [5.41, 5.74) is 6.39. The van der Waals surface area contributed by atoms with Crippen LogP contribution in [0.1, 0.15) is 36.1 Å². The van der Waals surface area contributed by atoms with Crippen LogP contribution in [-0.4, -0.2) is 33.0 Å². The van der Waals surface area contributed by atoms with Crippen LogP contribution >= 0.6 is 0 Å². The third-order valence-electron chi connectivity index (χ3n) is 4.55. The fourth-order valence-electron chi connectivity index (χ4n) is 3.44. The maximum absolute atomic E-state index is 2.44. The van der Waals surface area contributed by atoms with Gasteiger partial charge in [0.2, 0.25) is 0 Å². The van der Waals surface area contributed by atoms with E-state index in [-0.39, 0.29) is 0 Å². The Kier molecular flexibility index (Phi) is 2.80. The van der Waals surface area contributed by atoms with Gasteiger partial charge in [-0.05, 0) is 0 Å². The monoisotopic (exact) mass is 360 g/mol. The molecule has 0 bridgehead atoms. The van der Waals surface area contributed by atoms with Crippen LogP contribution in [0.2, 0.25) is 0 Å². The van der Waals surface area contributed by atoms with E-state index in [0.717, 1.165) is 33.0 Å². The van der Waals surface area contributed by atoms with E-state index < -0.39 is 0 Å². The average molecular weight is 358 g/mol. The molecule has 0 radical (unpaired) electrons. The molecular formula is C16H20Ge2. The summed E-state index contributed by atoms with van der Waals surface area (Å²) in [6.45, 7) is 4.87. The molecule has 0 aliphatic heterocycles. The predicted octanol–water partition coefficient (Wildman–Crippen LogP) is 1.26.